The van der Waals surface area contributed by atoms with E-state index in [2.05, 4.69) is 65.6 Å². The van der Waals surface area contributed by atoms with Crippen molar-refractivity contribution < 1.29 is 19.4 Å². The van der Waals surface area contributed by atoms with Gasteiger partial charge in [-0.25, -0.2) is 0 Å². The Morgan fingerprint density at radius 2 is 1.64 bits per heavy atom. The smallest absolute Gasteiger partial charge is 0.303 e. The Morgan fingerprint density at radius 1 is 0.944 bits per heavy atom. The van der Waals surface area contributed by atoms with Crippen molar-refractivity contribution in [2.75, 3.05) is 13.1 Å². The van der Waals surface area contributed by atoms with E-state index in [9.17, 15) is 9.59 Å². The Labute approximate surface area is 215 Å². The maximum atomic E-state index is 13.1. The summed E-state index contributed by atoms with van der Waals surface area (Å²) >= 11 is 0. The topological polar surface area (TPSA) is 66.8 Å². The van der Waals surface area contributed by atoms with E-state index in [1.807, 2.05) is 6.07 Å². The Hall–Kier alpha value is -2.76. The highest BCUT2D eigenvalue weighted by Crippen LogP contribution is 2.35. The summed E-state index contributed by atoms with van der Waals surface area (Å²) in [4.78, 5) is 26.3. The number of hydrogen-bond acceptors (Lipinski definition) is 4. The number of carboxylic acids is 1. The van der Waals surface area contributed by atoms with Crippen LogP contribution in [0, 0.1) is 5.92 Å². The SMILES string of the molecule is O=C(O)CCCC=CC[C@H]1[C@H](N2CCCCC2)C(=O)C[C@H]1OCc1ccc(Cc2ccccc2)cc1. The van der Waals surface area contributed by atoms with Crippen LogP contribution in [0.2, 0.25) is 0 Å². The summed E-state index contributed by atoms with van der Waals surface area (Å²) in [5.41, 5.74) is 3.70. The Balaban J connectivity index is 1.36. The molecule has 2 aliphatic rings. The van der Waals surface area contributed by atoms with Crippen LogP contribution in [0.25, 0.3) is 0 Å². The van der Waals surface area contributed by atoms with Gasteiger partial charge in [0.1, 0.15) is 0 Å². The van der Waals surface area contributed by atoms with Crippen LogP contribution in [0.1, 0.15) is 68.1 Å². The maximum absolute atomic E-state index is 13.1. The van der Waals surface area contributed by atoms with Crippen LogP contribution in [0.4, 0.5) is 0 Å². The number of allylic oxidation sites excluding steroid dienone is 2. The molecule has 1 aliphatic heterocycles. The van der Waals surface area contributed by atoms with E-state index >= 15 is 0 Å². The van der Waals surface area contributed by atoms with Gasteiger partial charge < -0.3 is 9.84 Å². The first-order chi connectivity index (χ1) is 17.6. The summed E-state index contributed by atoms with van der Waals surface area (Å²) in [6.45, 7) is 2.49. The van der Waals surface area contributed by atoms with Gasteiger partial charge in [-0.15, -0.1) is 0 Å². The number of ketones is 1. The van der Waals surface area contributed by atoms with E-state index in [4.69, 9.17) is 9.84 Å². The van der Waals surface area contributed by atoms with E-state index in [0.717, 1.165) is 50.8 Å². The first-order valence-electron chi connectivity index (χ1n) is 13.5. The maximum Gasteiger partial charge on any atom is 0.303 e. The van der Waals surface area contributed by atoms with Gasteiger partial charge in [0, 0.05) is 18.8 Å². The second kappa shape index (κ2) is 13.5. The molecular weight excluding hydrogens is 450 g/mol. The molecule has 1 aliphatic carbocycles. The lowest BCUT2D eigenvalue weighted by molar-refractivity contribution is -0.137. The molecule has 1 N–H and O–H groups in total. The third-order valence-corrected chi connectivity index (χ3v) is 7.47. The molecule has 1 heterocycles. The lowest BCUT2D eigenvalue weighted by atomic mass is 9.93. The molecule has 0 amide bonds. The molecule has 36 heavy (non-hydrogen) atoms. The zero-order valence-corrected chi connectivity index (χ0v) is 21.2. The van der Waals surface area contributed by atoms with Gasteiger partial charge in [0.2, 0.25) is 0 Å². The Kier molecular flexibility index (Phi) is 9.88. The highest BCUT2D eigenvalue weighted by Gasteiger charge is 2.45. The van der Waals surface area contributed by atoms with Crippen molar-refractivity contribution in [3.05, 3.63) is 83.4 Å². The molecule has 1 saturated heterocycles. The van der Waals surface area contributed by atoms with Gasteiger partial charge in [0.15, 0.2) is 5.78 Å². The van der Waals surface area contributed by atoms with Crippen molar-refractivity contribution in [2.24, 2.45) is 5.92 Å². The number of Topliss-reactive ketones (excluding diaryl/α,β-unsaturated/α-hetero) is 1. The third-order valence-electron chi connectivity index (χ3n) is 7.47. The number of benzene rings is 2. The Morgan fingerprint density at radius 3 is 2.36 bits per heavy atom. The predicted molar refractivity (Wildman–Crippen MR) is 142 cm³/mol. The van der Waals surface area contributed by atoms with E-state index in [1.165, 1.54) is 17.5 Å². The summed E-state index contributed by atoms with van der Waals surface area (Å²) in [5, 5.41) is 8.84. The first kappa shape index (κ1) is 26.3. The van der Waals surface area contributed by atoms with Crippen molar-refractivity contribution in [3.63, 3.8) is 0 Å². The third kappa shape index (κ3) is 7.62. The summed E-state index contributed by atoms with van der Waals surface area (Å²) in [6.07, 6.45) is 11.4. The monoisotopic (exact) mass is 489 g/mol. The number of likely N-dealkylation sites (tertiary alicyclic amines) is 1. The van der Waals surface area contributed by atoms with Crippen LogP contribution >= 0.6 is 0 Å². The number of aliphatic carboxylic acids is 1. The van der Waals surface area contributed by atoms with E-state index < -0.39 is 5.97 Å². The fraction of sp³-hybridized carbons (Fsp3) is 0.484. The van der Waals surface area contributed by atoms with Crippen LogP contribution < -0.4 is 0 Å². The minimum absolute atomic E-state index is 0.0628. The first-order valence-corrected chi connectivity index (χ1v) is 13.5. The highest BCUT2D eigenvalue weighted by atomic mass is 16.5. The zero-order chi connectivity index (χ0) is 25.2. The van der Waals surface area contributed by atoms with Crippen molar-refractivity contribution in [1.82, 2.24) is 4.90 Å². The van der Waals surface area contributed by atoms with E-state index in [0.29, 0.717) is 25.2 Å². The second-order valence-electron chi connectivity index (χ2n) is 10.2. The molecule has 192 valence electrons. The standard InChI is InChI=1S/C31H39NO4/c33-28-22-29(36-23-26-17-15-25(16-18-26)21-24-11-5-3-6-12-24)27(13-7-1-2-8-14-30(34)35)31(28)32-19-9-4-10-20-32/h1,3,5-7,11-12,15-18,27,29,31H,2,4,8-10,13-14,19-23H2,(H,34,35)/t27-,29-,31+/m1/s1. The zero-order valence-electron chi connectivity index (χ0n) is 21.2. The molecule has 1 saturated carbocycles. The minimum atomic E-state index is -0.753. The highest BCUT2D eigenvalue weighted by molar-refractivity contribution is 5.87. The second-order valence-corrected chi connectivity index (χ2v) is 10.2. The number of piperidine rings is 1. The fourth-order valence-corrected chi connectivity index (χ4v) is 5.58. The van der Waals surface area contributed by atoms with Crippen LogP contribution in [0.15, 0.2) is 66.7 Å². The summed E-state index contributed by atoms with van der Waals surface area (Å²) in [6, 6.07) is 19.0. The summed E-state index contributed by atoms with van der Waals surface area (Å²) < 4.78 is 6.40. The molecule has 0 radical (unpaired) electrons. The van der Waals surface area contributed by atoms with Crippen LogP contribution in [-0.4, -0.2) is 47.0 Å². The Bertz CT molecular complexity index is 995. The van der Waals surface area contributed by atoms with Crippen molar-refractivity contribution in [2.45, 2.75) is 76.5 Å². The summed E-state index contributed by atoms with van der Waals surface area (Å²) in [7, 11) is 0. The summed E-state index contributed by atoms with van der Waals surface area (Å²) in [5.74, 6) is -0.301. The number of unbranched alkanes of at least 4 members (excludes halogenated alkanes) is 1. The average Bonchev–Trinajstić information content (AvgIpc) is 3.21. The molecule has 0 bridgehead atoms. The van der Waals surface area contributed by atoms with Gasteiger partial charge in [-0.3, -0.25) is 14.5 Å². The van der Waals surface area contributed by atoms with Gasteiger partial charge >= 0.3 is 5.97 Å². The molecule has 4 rings (SSSR count). The van der Waals surface area contributed by atoms with Crippen molar-refractivity contribution >= 4 is 11.8 Å². The minimum Gasteiger partial charge on any atom is -0.481 e. The van der Waals surface area contributed by atoms with Gasteiger partial charge in [-0.1, -0.05) is 73.2 Å². The van der Waals surface area contributed by atoms with Crippen LogP contribution in [-0.2, 0) is 27.4 Å². The number of hydrogen-bond donors (Lipinski definition) is 1. The average molecular weight is 490 g/mol. The fourth-order valence-electron chi connectivity index (χ4n) is 5.58. The number of carbonyl (C=O) groups is 2. The van der Waals surface area contributed by atoms with Gasteiger partial charge in [-0.2, -0.15) is 0 Å². The molecule has 2 fully saturated rings. The molecular formula is C31H39NO4. The van der Waals surface area contributed by atoms with E-state index in [1.54, 1.807) is 0 Å². The predicted octanol–water partition coefficient (Wildman–Crippen LogP) is 5.81. The number of nitrogens with zero attached hydrogens (tertiary/aromatic N) is 1. The van der Waals surface area contributed by atoms with E-state index in [-0.39, 0.29) is 24.5 Å². The number of rotatable bonds is 12. The van der Waals surface area contributed by atoms with Crippen molar-refractivity contribution in [3.8, 4) is 0 Å². The molecule has 2 aromatic rings. The van der Waals surface area contributed by atoms with Crippen molar-refractivity contribution in [1.29, 1.82) is 0 Å². The van der Waals surface area contributed by atoms with Crippen LogP contribution in [0.5, 0.6) is 0 Å². The quantitative estimate of drug-likeness (QED) is 0.301. The molecule has 5 heteroatoms. The number of carbonyl (C=O) groups excluding carboxylic acids is 1. The molecule has 0 unspecified atom stereocenters. The van der Waals surface area contributed by atoms with Gasteiger partial charge in [0.25, 0.3) is 0 Å². The molecule has 0 aromatic heterocycles. The lowest BCUT2D eigenvalue weighted by Gasteiger charge is -2.35. The molecule has 2 aromatic carbocycles. The largest absolute Gasteiger partial charge is 0.481 e. The molecule has 0 spiro atoms. The van der Waals surface area contributed by atoms with Gasteiger partial charge in [0.05, 0.1) is 18.8 Å². The number of carboxylic acid groups (broad SMARTS) is 1. The van der Waals surface area contributed by atoms with Gasteiger partial charge in [-0.05, 0) is 68.3 Å². The normalized spacial score (nSPS) is 22.9. The lowest BCUT2D eigenvalue weighted by Crippen LogP contribution is -2.46. The molecule has 3 atom stereocenters. The number of ether oxygens (including phenoxy) is 1. The van der Waals surface area contributed by atoms with Crippen LogP contribution in [0.3, 0.4) is 0 Å². The molecule has 5 nitrogen and oxygen atoms in total.